The van der Waals surface area contributed by atoms with Gasteiger partial charge in [-0.15, -0.1) is 0 Å². The third-order valence-electron chi connectivity index (χ3n) is 4.49. The van der Waals surface area contributed by atoms with Crippen LogP contribution in [0.5, 0.6) is 0 Å². The van der Waals surface area contributed by atoms with E-state index in [-0.39, 0.29) is 10.6 Å². The van der Waals surface area contributed by atoms with Crippen LogP contribution in [0.3, 0.4) is 0 Å². The van der Waals surface area contributed by atoms with Gasteiger partial charge in [-0.25, -0.2) is 8.42 Å². The van der Waals surface area contributed by atoms with Gasteiger partial charge in [0, 0.05) is 12.1 Å². The molecular formula is C21H20N2O4S. The highest BCUT2D eigenvalue weighted by Gasteiger charge is 2.30. The van der Waals surface area contributed by atoms with Gasteiger partial charge < -0.3 is 0 Å². The number of para-hydroxylation sites is 1. The summed E-state index contributed by atoms with van der Waals surface area (Å²) in [6, 6.07) is 21.0. The minimum absolute atomic E-state index is 0.00135. The lowest BCUT2D eigenvalue weighted by molar-refractivity contribution is -0.384. The largest absolute Gasteiger partial charge is 0.269 e. The molecule has 0 aliphatic heterocycles. The molecule has 0 saturated heterocycles. The van der Waals surface area contributed by atoms with Gasteiger partial charge >= 0.3 is 0 Å². The molecule has 0 aliphatic carbocycles. The Morgan fingerprint density at radius 3 is 2.14 bits per heavy atom. The Kier molecular flexibility index (Phi) is 5.46. The Morgan fingerprint density at radius 1 is 0.929 bits per heavy atom. The van der Waals surface area contributed by atoms with Crippen molar-refractivity contribution in [3.05, 3.63) is 100 Å². The number of benzene rings is 3. The third-order valence-corrected chi connectivity index (χ3v) is 6.40. The van der Waals surface area contributed by atoms with Crippen LogP contribution in [-0.2, 0) is 10.0 Å². The zero-order valence-corrected chi connectivity index (χ0v) is 16.3. The molecule has 1 unspecified atom stereocenters. The predicted molar refractivity (Wildman–Crippen MR) is 109 cm³/mol. The van der Waals surface area contributed by atoms with Crippen molar-refractivity contribution in [2.24, 2.45) is 0 Å². The van der Waals surface area contributed by atoms with E-state index < -0.39 is 21.0 Å². The number of rotatable bonds is 6. The average molecular weight is 396 g/mol. The zero-order valence-electron chi connectivity index (χ0n) is 15.5. The van der Waals surface area contributed by atoms with Crippen molar-refractivity contribution in [1.29, 1.82) is 0 Å². The van der Waals surface area contributed by atoms with E-state index in [1.807, 2.05) is 44.2 Å². The predicted octanol–water partition coefficient (Wildman–Crippen LogP) is 4.86. The van der Waals surface area contributed by atoms with Crippen molar-refractivity contribution in [2.75, 3.05) is 4.31 Å². The second-order valence-electron chi connectivity index (χ2n) is 6.48. The van der Waals surface area contributed by atoms with Crippen molar-refractivity contribution in [1.82, 2.24) is 0 Å². The first kappa shape index (κ1) is 19.6. The second kappa shape index (κ2) is 7.82. The molecule has 1 atom stereocenters. The first-order chi connectivity index (χ1) is 13.3. The summed E-state index contributed by atoms with van der Waals surface area (Å²) in [5, 5.41) is 10.9. The van der Waals surface area contributed by atoms with Gasteiger partial charge in [-0.05, 0) is 43.7 Å². The van der Waals surface area contributed by atoms with Gasteiger partial charge in [0.2, 0.25) is 0 Å². The first-order valence-corrected chi connectivity index (χ1v) is 10.2. The summed E-state index contributed by atoms with van der Waals surface area (Å²) in [6.45, 7) is 3.78. The quantitative estimate of drug-likeness (QED) is 0.440. The van der Waals surface area contributed by atoms with Gasteiger partial charge in [0.1, 0.15) is 0 Å². The number of sulfonamides is 1. The van der Waals surface area contributed by atoms with E-state index in [1.54, 1.807) is 24.3 Å². The lowest BCUT2D eigenvalue weighted by atomic mass is 10.1. The van der Waals surface area contributed by atoms with Crippen molar-refractivity contribution in [3.63, 3.8) is 0 Å². The molecule has 6 nitrogen and oxygen atoms in total. The Hall–Kier alpha value is -3.19. The molecule has 0 spiro atoms. The number of anilines is 1. The number of nitro benzene ring substituents is 1. The number of aryl methyl sites for hydroxylation is 1. The van der Waals surface area contributed by atoms with E-state index in [0.29, 0.717) is 5.69 Å². The highest BCUT2D eigenvalue weighted by Crippen LogP contribution is 2.33. The molecule has 0 aromatic heterocycles. The molecule has 0 bridgehead atoms. The maximum absolute atomic E-state index is 13.5. The number of nitro groups is 1. The summed E-state index contributed by atoms with van der Waals surface area (Å²) in [6.07, 6.45) is 0. The van der Waals surface area contributed by atoms with Crippen molar-refractivity contribution in [3.8, 4) is 0 Å². The fourth-order valence-electron chi connectivity index (χ4n) is 3.06. The topological polar surface area (TPSA) is 80.5 Å². The molecule has 3 rings (SSSR count). The maximum Gasteiger partial charge on any atom is 0.269 e. The smallest absolute Gasteiger partial charge is 0.259 e. The van der Waals surface area contributed by atoms with Crippen molar-refractivity contribution >= 4 is 21.4 Å². The normalized spacial score (nSPS) is 12.4. The maximum atomic E-state index is 13.5. The standard InChI is InChI=1S/C21H20N2O4S/c1-16-7-6-8-18(15-16)17(2)22(19-9-4-3-5-10-19)28(26,27)21-13-11-20(12-14-21)23(24)25/h3-15,17H,1-2H3. The molecule has 7 heteroatoms. The van der Waals surface area contributed by atoms with Crippen LogP contribution in [0.1, 0.15) is 24.1 Å². The van der Waals surface area contributed by atoms with Crippen molar-refractivity contribution in [2.45, 2.75) is 24.8 Å². The van der Waals surface area contributed by atoms with E-state index in [2.05, 4.69) is 0 Å². The average Bonchev–Trinajstić information content (AvgIpc) is 2.69. The summed E-state index contributed by atoms with van der Waals surface area (Å²) >= 11 is 0. The van der Waals surface area contributed by atoms with Gasteiger partial charge in [-0.3, -0.25) is 14.4 Å². The van der Waals surface area contributed by atoms with Gasteiger partial charge in [-0.2, -0.15) is 0 Å². The van der Waals surface area contributed by atoms with Crippen LogP contribution in [-0.4, -0.2) is 13.3 Å². The lowest BCUT2D eigenvalue weighted by Gasteiger charge is -2.31. The van der Waals surface area contributed by atoms with Crippen LogP contribution in [0.2, 0.25) is 0 Å². The Balaban J connectivity index is 2.11. The van der Waals surface area contributed by atoms with Crippen LogP contribution >= 0.6 is 0 Å². The van der Waals surface area contributed by atoms with Gasteiger partial charge in [0.25, 0.3) is 15.7 Å². The van der Waals surface area contributed by atoms with Crippen molar-refractivity contribution < 1.29 is 13.3 Å². The Labute approximate surface area is 164 Å². The minimum Gasteiger partial charge on any atom is -0.259 e. The molecule has 0 amide bonds. The zero-order chi connectivity index (χ0) is 20.3. The second-order valence-corrected chi connectivity index (χ2v) is 8.29. The van der Waals surface area contributed by atoms with E-state index in [0.717, 1.165) is 11.1 Å². The summed E-state index contributed by atoms with van der Waals surface area (Å²) in [4.78, 5) is 10.3. The molecule has 28 heavy (non-hydrogen) atoms. The molecule has 3 aromatic rings. The fourth-order valence-corrected chi connectivity index (χ4v) is 4.71. The number of hydrogen-bond donors (Lipinski definition) is 0. The number of nitrogens with zero attached hydrogens (tertiary/aromatic N) is 2. The Morgan fingerprint density at radius 2 is 1.57 bits per heavy atom. The molecule has 0 saturated carbocycles. The van der Waals surface area contributed by atoms with E-state index in [1.165, 1.54) is 28.6 Å². The van der Waals surface area contributed by atoms with Crippen LogP contribution in [0.15, 0.2) is 83.8 Å². The summed E-state index contributed by atoms with van der Waals surface area (Å²) in [5.74, 6) is 0. The van der Waals surface area contributed by atoms with Gasteiger partial charge in [0.05, 0.1) is 21.5 Å². The molecule has 0 heterocycles. The van der Waals surface area contributed by atoms with Gasteiger partial charge in [-0.1, -0.05) is 48.0 Å². The molecule has 0 aliphatic rings. The summed E-state index contributed by atoms with van der Waals surface area (Å²) < 4.78 is 28.3. The highest BCUT2D eigenvalue weighted by molar-refractivity contribution is 7.92. The summed E-state index contributed by atoms with van der Waals surface area (Å²) in [7, 11) is -3.95. The fraction of sp³-hybridized carbons (Fsp3) is 0.143. The third kappa shape index (κ3) is 3.89. The molecular weight excluding hydrogens is 376 g/mol. The van der Waals surface area contributed by atoms with Crippen LogP contribution in [0.4, 0.5) is 11.4 Å². The first-order valence-electron chi connectivity index (χ1n) is 8.71. The lowest BCUT2D eigenvalue weighted by Crippen LogP contribution is -2.33. The number of hydrogen-bond acceptors (Lipinski definition) is 4. The van der Waals surface area contributed by atoms with E-state index in [9.17, 15) is 18.5 Å². The monoisotopic (exact) mass is 396 g/mol. The highest BCUT2D eigenvalue weighted by atomic mass is 32.2. The molecule has 0 fully saturated rings. The van der Waals surface area contributed by atoms with Crippen LogP contribution < -0.4 is 4.31 Å². The molecule has 144 valence electrons. The van der Waals surface area contributed by atoms with Crippen LogP contribution in [0, 0.1) is 17.0 Å². The van der Waals surface area contributed by atoms with Crippen LogP contribution in [0.25, 0.3) is 0 Å². The Bertz CT molecular complexity index is 1080. The number of non-ortho nitro benzene ring substituents is 1. The molecule has 0 radical (unpaired) electrons. The van der Waals surface area contributed by atoms with E-state index >= 15 is 0 Å². The molecule has 0 N–H and O–H groups in total. The van der Waals surface area contributed by atoms with E-state index in [4.69, 9.17) is 0 Å². The molecule has 3 aromatic carbocycles. The SMILES string of the molecule is Cc1cccc(C(C)N(c2ccccc2)S(=O)(=O)c2ccc([N+](=O)[O-])cc2)c1. The van der Waals surface area contributed by atoms with Gasteiger partial charge in [0.15, 0.2) is 0 Å². The summed E-state index contributed by atoms with van der Waals surface area (Å²) in [5.41, 5.74) is 2.26. The minimum atomic E-state index is -3.95.